The van der Waals surface area contributed by atoms with Gasteiger partial charge < -0.3 is 10.2 Å². The zero-order valence-electron chi connectivity index (χ0n) is 14.3. The van der Waals surface area contributed by atoms with E-state index < -0.39 is 0 Å². The molecule has 3 rings (SSSR count). The Morgan fingerprint density at radius 1 is 1.25 bits per heavy atom. The maximum absolute atomic E-state index is 12.3. The van der Waals surface area contributed by atoms with Crippen LogP contribution in [-0.2, 0) is 6.42 Å². The molecule has 1 N–H and O–H groups in total. The molecule has 1 fully saturated rings. The van der Waals surface area contributed by atoms with Crippen LogP contribution in [0.1, 0.15) is 31.7 Å². The Hall–Kier alpha value is -2.30. The molecule has 0 saturated carbocycles. The highest BCUT2D eigenvalue weighted by molar-refractivity contribution is 5.74. The van der Waals surface area contributed by atoms with Crippen LogP contribution >= 0.6 is 0 Å². The lowest BCUT2D eigenvalue weighted by molar-refractivity contribution is 0.199. The number of hydrogen-bond donors (Lipinski definition) is 1. The Labute approximate surface area is 143 Å². The quantitative estimate of drug-likeness (QED) is 0.937. The number of likely N-dealkylation sites (tertiary alicyclic amines) is 1. The molecule has 1 aromatic carbocycles. The molecule has 0 bridgehead atoms. The zero-order chi connectivity index (χ0) is 16.8. The van der Waals surface area contributed by atoms with E-state index in [1.54, 1.807) is 6.20 Å². The van der Waals surface area contributed by atoms with Crippen molar-refractivity contribution in [3.63, 3.8) is 0 Å². The van der Waals surface area contributed by atoms with Crippen LogP contribution in [0, 0.1) is 5.92 Å². The molecule has 0 aliphatic carbocycles. The van der Waals surface area contributed by atoms with Crippen LogP contribution in [0.2, 0.25) is 0 Å². The fourth-order valence-corrected chi connectivity index (χ4v) is 3.13. The van der Waals surface area contributed by atoms with Gasteiger partial charge in [-0.05, 0) is 55.4 Å². The van der Waals surface area contributed by atoms with E-state index in [2.05, 4.69) is 41.6 Å². The van der Waals surface area contributed by atoms with Gasteiger partial charge >= 0.3 is 6.03 Å². The molecule has 0 radical (unpaired) electrons. The first-order valence-electron chi connectivity index (χ1n) is 8.84. The average Bonchev–Trinajstić information content (AvgIpc) is 3.04. The number of benzene rings is 1. The van der Waals surface area contributed by atoms with E-state index >= 15 is 0 Å². The van der Waals surface area contributed by atoms with E-state index in [0.29, 0.717) is 6.54 Å². The monoisotopic (exact) mass is 326 g/mol. The summed E-state index contributed by atoms with van der Waals surface area (Å²) in [7, 11) is 0. The predicted octanol–water partition coefficient (Wildman–Crippen LogP) is 3.25. The third kappa shape index (κ3) is 4.37. The Morgan fingerprint density at radius 3 is 2.83 bits per heavy atom. The summed E-state index contributed by atoms with van der Waals surface area (Å²) in [4.78, 5) is 14.2. The third-order valence-electron chi connectivity index (χ3n) is 4.70. The number of hydrogen-bond acceptors (Lipinski definition) is 2. The fourth-order valence-electron chi connectivity index (χ4n) is 3.13. The summed E-state index contributed by atoms with van der Waals surface area (Å²) in [6.07, 6.45) is 8.00. The van der Waals surface area contributed by atoms with E-state index in [9.17, 15) is 4.79 Å². The van der Waals surface area contributed by atoms with Crippen LogP contribution in [0.3, 0.4) is 0 Å². The fraction of sp³-hybridized carbons (Fsp3) is 0.474. The van der Waals surface area contributed by atoms with Crippen LogP contribution in [0.15, 0.2) is 42.7 Å². The molecule has 5 nitrogen and oxygen atoms in total. The topological polar surface area (TPSA) is 50.2 Å². The van der Waals surface area contributed by atoms with Crippen LogP contribution in [-0.4, -0.2) is 40.3 Å². The van der Waals surface area contributed by atoms with Crippen molar-refractivity contribution >= 4 is 6.03 Å². The van der Waals surface area contributed by atoms with Crippen molar-refractivity contribution in [3.8, 4) is 5.69 Å². The molecule has 128 valence electrons. The summed E-state index contributed by atoms with van der Waals surface area (Å²) < 4.78 is 1.84. The van der Waals surface area contributed by atoms with E-state index in [-0.39, 0.29) is 6.03 Å². The SMILES string of the molecule is CC1CCCN(C(=O)NCCc2ccc(-n3cccn3)cc2)CC1. The summed E-state index contributed by atoms with van der Waals surface area (Å²) >= 11 is 0. The number of amides is 2. The molecule has 1 saturated heterocycles. The number of rotatable bonds is 4. The molecule has 1 aliphatic heterocycles. The number of nitrogens with one attached hydrogen (secondary N) is 1. The van der Waals surface area contributed by atoms with Crippen molar-refractivity contribution in [1.82, 2.24) is 20.0 Å². The van der Waals surface area contributed by atoms with E-state index in [4.69, 9.17) is 0 Å². The molecule has 24 heavy (non-hydrogen) atoms. The largest absolute Gasteiger partial charge is 0.338 e. The van der Waals surface area contributed by atoms with Gasteiger partial charge in [0.25, 0.3) is 0 Å². The Kier molecular flexibility index (Phi) is 5.51. The highest BCUT2D eigenvalue weighted by atomic mass is 16.2. The summed E-state index contributed by atoms with van der Waals surface area (Å²) in [6.45, 7) is 4.71. The molecule has 2 heterocycles. The summed E-state index contributed by atoms with van der Waals surface area (Å²) in [5.74, 6) is 0.733. The van der Waals surface area contributed by atoms with Gasteiger partial charge in [0.15, 0.2) is 0 Å². The van der Waals surface area contributed by atoms with Crippen molar-refractivity contribution in [3.05, 3.63) is 48.3 Å². The van der Waals surface area contributed by atoms with Crippen LogP contribution in [0.5, 0.6) is 0 Å². The third-order valence-corrected chi connectivity index (χ3v) is 4.70. The second-order valence-electron chi connectivity index (χ2n) is 6.62. The maximum atomic E-state index is 12.3. The van der Waals surface area contributed by atoms with Gasteiger partial charge in [0.2, 0.25) is 0 Å². The number of carbonyl (C=O) groups is 1. The highest BCUT2D eigenvalue weighted by Crippen LogP contribution is 2.16. The number of urea groups is 1. The number of carbonyl (C=O) groups excluding carboxylic acids is 1. The van der Waals surface area contributed by atoms with Crippen LogP contribution < -0.4 is 5.32 Å². The Balaban J connectivity index is 1.45. The van der Waals surface area contributed by atoms with Crippen molar-refractivity contribution < 1.29 is 4.79 Å². The summed E-state index contributed by atoms with van der Waals surface area (Å²) in [5.41, 5.74) is 2.27. The molecule has 0 spiro atoms. The predicted molar refractivity (Wildman–Crippen MR) is 95.3 cm³/mol. The molecule has 5 heteroatoms. The zero-order valence-corrected chi connectivity index (χ0v) is 14.3. The van der Waals surface area contributed by atoms with Crippen molar-refractivity contribution in [1.29, 1.82) is 0 Å². The molecule has 2 amide bonds. The molecule has 1 aliphatic rings. The standard InChI is InChI=1S/C19H26N4O/c1-16-4-2-13-22(15-10-16)19(24)20-12-9-17-5-7-18(8-6-17)23-14-3-11-21-23/h3,5-8,11,14,16H,2,4,9-10,12-13,15H2,1H3,(H,20,24). The maximum Gasteiger partial charge on any atom is 0.317 e. The second-order valence-corrected chi connectivity index (χ2v) is 6.62. The van der Waals surface area contributed by atoms with Crippen LogP contribution in [0.4, 0.5) is 4.79 Å². The Bertz CT molecular complexity index is 636. The first-order valence-corrected chi connectivity index (χ1v) is 8.84. The molecular formula is C19H26N4O. The first kappa shape index (κ1) is 16.6. The van der Waals surface area contributed by atoms with Gasteiger partial charge in [-0.25, -0.2) is 9.48 Å². The van der Waals surface area contributed by atoms with E-state index in [0.717, 1.165) is 44.0 Å². The summed E-state index contributed by atoms with van der Waals surface area (Å²) in [6, 6.07) is 10.3. The van der Waals surface area contributed by atoms with Gasteiger partial charge in [-0.3, -0.25) is 0 Å². The molecule has 1 atom stereocenters. The van der Waals surface area contributed by atoms with Crippen molar-refractivity contribution in [2.75, 3.05) is 19.6 Å². The van der Waals surface area contributed by atoms with Gasteiger partial charge in [0, 0.05) is 32.0 Å². The molecule has 1 unspecified atom stereocenters. The van der Waals surface area contributed by atoms with Crippen LogP contribution in [0.25, 0.3) is 5.69 Å². The molecule has 1 aromatic heterocycles. The number of nitrogens with zero attached hydrogens (tertiary/aromatic N) is 3. The average molecular weight is 326 g/mol. The van der Waals surface area contributed by atoms with Gasteiger partial charge in [0.05, 0.1) is 5.69 Å². The summed E-state index contributed by atoms with van der Waals surface area (Å²) in [5, 5.41) is 7.28. The van der Waals surface area contributed by atoms with E-state index in [1.807, 2.05) is 21.8 Å². The van der Waals surface area contributed by atoms with E-state index in [1.165, 1.54) is 12.0 Å². The second kappa shape index (κ2) is 7.99. The normalized spacial score (nSPS) is 18.2. The minimum absolute atomic E-state index is 0.0808. The highest BCUT2D eigenvalue weighted by Gasteiger charge is 2.17. The smallest absolute Gasteiger partial charge is 0.317 e. The van der Waals surface area contributed by atoms with Crippen molar-refractivity contribution in [2.24, 2.45) is 5.92 Å². The van der Waals surface area contributed by atoms with Gasteiger partial charge in [-0.2, -0.15) is 5.10 Å². The van der Waals surface area contributed by atoms with Gasteiger partial charge in [0.1, 0.15) is 0 Å². The first-order chi connectivity index (χ1) is 11.7. The molecule has 2 aromatic rings. The Morgan fingerprint density at radius 2 is 2.08 bits per heavy atom. The van der Waals surface area contributed by atoms with Gasteiger partial charge in [-0.15, -0.1) is 0 Å². The number of aromatic nitrogens is 2. The lowest BCUT2D eigenvalue weighted by atomic mass is 10.0. The minimum atomic E-state index is 0.0808. The lowest BCUT2D eigenvalue weighted by Gasteiger charge is -2.21. The van der Waals surface area contributed by atoms with Gasteiger partial charge in [-0.1, -0.05) is 19.1 Å². The minimum Gasteiger partial charge on any atom is -0.338 e. The van der Waals surface area contributed by atoms with Crippen molar-refractivity contribution in [2.45, 2.75) is 32.6 Å². The lowest BCUT2D eigenvalue weighted by Crippen LogP contribution is -2.41. The molecular weight excluding hydrogens is 300 g/mol.